The van der Waals surface area contributed by atoms with Crippen LogP contribution in [0.25, 0.3) is 75.8 Å². The van der Waals surface area contributed by atoms with Crippen LogP contribution in [0.4, 0.5) is 17.1 Å². The standard InChI is InChI=1S/C57H41NS/c1-57(2)53-24-13-12-23-49(53)50-28-25-43(37-54(50)57)41-26-29-55-51(35-41)52-36-42(27-30-56(52)59-55)45-31-44(39-17-8-4-9-18-39)33-48(34-45)58(46-20-10-5-11-21-46)47-22-14-19-40(32-47)38-15-6-3-7-16-38/h3-37H,1-2H3. The van der Waals surface area contributed by atoms with Gasteiger partial charge < -0.3 is 4.90 Å². The van der Waals surface area contributed by atoms with E-state index in [2.05, 4.69) is 231 Å². The summed E-state index contributed by atoms with van der Waals surface area (Å²) in [6, 6.07) is 78.1. The quantitative estimate of drug-likeness (QED) is 0.156. The van der Waals surface area contributed by atoms with E-state index in [4.69, 9.17) is 0 Å². The lowest BCUT2D eigenvalue weighted by Crippen LogP contribution is -2.14. The largest absolute Gasteiger partial charge is 0.310 e. The highest BCUT2D eigenvalue weighted by Crippen LogP contribution is 2.50. The van der Waals surface area contributed by atoms with Crippen molar-refractivity contribution in [3.8, 4) is 55.6 Å². The molecular weight excluding hydrogens is 731 g/mol. The van der Waals surface area contributed by atoms with Crippen LogP contribution in [0.2, 0.25) is 0 Å². The first-order valence-electron chi connectivity index (χ1n) is 20.4. The summed E-state index contributed by atoms with van der Waals surface area (Å²) in [4.78, 5) is 2.39. The van der Waals surface area contributed by atoms with Gasteiger partial charge in [0.2, 0.25) is 0 Å². The molecule has 10 aromatic rings. The first-order valence-corrected chi connectivity index (χ1v) is 21.2. The normalized spacial score (nSPS) is 12.7. The lowest BCUT2D eigenvalue weighted by Gasteiger charge is -2.27. The van der Waals surface area contributed by atoms with Crippen molar-refractivity contribution >= 4 is 48.6 Å². The zero-order valence-electron chi connectivity index (χ0n) is 33.1. The summed E-state index contributed by atoms with van der Waals surface area (Å²) in [6.45, 7) is 4.72. The molecule has 0 bridgehead atoms. The molecule has 0 fully saturated rings. The molecular formula is C57H41NS. The third-order valence-corrected chi connectivity index (χ3v) is 13.4. The molecule has 59 heavy (non-hydrogen) atoms. The van der Waals surface area contributed by atoms with Crippen LogP contribution in [0.1, 0.15) is 25.0 Å². The average molecular weight is 772 g/mol. The summed E-state index contributed by atoms with van der Waals surface area (Å²) in [5, 5.41) is 2.59. The summed E-state index contributed by atoms with van der Waals surface area (Å²) in [6.07, 6.45) is 0. The van der Waals surface area contributed by atoms with Gasteiger partial charge in [-0.2, -0.15) is 0 Å². The van der Waals surface area contributed by atoms with Gasteiger partial charge in [-0.15, -0.1) is 11.3 Å². The zero-order chi connectivity index (χ0) is 39.5. The van der Waals surface area contributed by atoms with Gasteiger partial charge in [0, 0.05) is 42.6 Å². The van der Waals surface area contributed by atoms with Crippen LogP contribution in [0.15, 0.2) is 212 Å². The molecule has 0 N–H and O–H groups in total. The predicted octanol–water partition coefficient (Wildman–Crippen LogP) is 16.5. The van der Waals surface area contributed by atoms with Crippen molar-refractivity contribution in [2.75, 3.05) is 4.90 Å². The van der Waals surface area contributed by atoms with Gasteiger partial charge in [-0.3, -0.25) is 0 Å². The van der Waals surface area contributed by atoms with Crippen LogP contribution in [0.5, 0.6) is 0 Å². The maximum atomic E-state index is 2.43. The third-order valence-electron chi connectivity index (χ3n) is 12.2. The Kier molecular flexibility index (Phi) is 8.43. The van der Waals surface area contributed by atoms with E-state index in [1.807, 2.05) is 11.3 Å². The van der Waals surface area contributed by atoms with Gasteiger partial charge in [0.25, 0.3) is 0 Å². The maximum Gasteiger partial charge on any atom is 0.0473 e. The van der Waals surface area contributed by atoms with E-state index >= 15 is 0 Å². The molecule has 1 aliphatic carbocycles. The van der Waals surface area contributed by atoms with E-state index in [0.29, 0.717) is 0 Å². The highest BCUT2D eigenvalue weighted by Gasteiger charge is 2.35. The van der Waals surface area contributed by atoms with Gasteiger partial charge in [-0.25, -0.2) is 0 Å². The highest BCUT2D eigenvalue weighted by molar-refractivity contribution is 7.25. The third kappa shape index (κ3) is 6.16. The van der Waals surface area contributed by atoms with Crippen molar-refractivity contribution in [2.24, 2.45) is 0 Å². The summed E-state index contributed by atoms with van der Waals surface area (Å²) >= 11 is 1.87. The number of fused-ring (bicyclic) bond motifs is 6. The summed E-state index contributed by atoms with van der Waals surface area (Å²) in [5.74, 6) is 0. The van der Waals surface area contributed by atoms with Crippen LogP contribution in [-0.2, 0) is 5.41 Å². The fourth-order valence-electron chi connectivity index (χ4n) is 9.20. The monoisotopic (exact) mass is 771 g/mol. The smallest absolute Gasteiger partial charge is 0.0473 e. The minimum atomic E-state index is -0.0378. The topological polar surface area (TPSA) is 3.24 Å². The fourth-order valence-corrected chi connectivity index (χ4v) is 10.3. The molecule has 0 spiro atoms. The predicted molar refractivity (Wildman–Crippen MR) is 253 cm³/mol. The molecule has 1 aromatic heterocycles. The van der Waals surface area contributed by atoms with Crippen LogP contribution in [-0.4, -0.2) is 0 Å². The SMILES string of the molecule is CC1(C)c2ccccc2-c2ccc(-c3ccc4sc5ccc(-c6cc(-c7ccccc7)cc(N(c7ccccc7)c7cccc(-c8ccccc8)c7)c6)cc5c4c3)cc21. The van der Waals surface area contributed by atoms with E-state index in [0.717, 1.165) is 17.1 Å². The van der Waals surface area contributed by atoms with Gasteiger partial charge in [0.1, 0.15) is 0 Å². The molecule has 0 saturated heterocycles. The van der Waals surface area contributed by atoms with Crippen LogP contribution in [0.3, 0.4) is 0 Å². The van der Waals surface area contributed by atoms with E-state index in [1.165, 1.54) is 86.9 Å². The second-order valence-corrected chi connectivity index (χ2v) is 17.3. The molecule has 0 atom stereocenters. The minimum Gasteiger partial charge on any atom is -0.310 e. The van der Waals surface area contributed by atoms with Crippen molar-refractivity contribution < 1.29 is 0 Å². The summed E-state index contributed by atoms with van der Waals surface area (Å²) in [5.41, 5.74) is 18.5. The van der Waals surface area contributed by atoms with Crippen LogP contribution in [0, 0.1) is 0 Å². The Labute approximate surface area is 350 Å². The molecule has 11 rings (SSSR count). The number of benzene rings is 9. The molecule has 0 saturated carbocycles. The van der Waals surface area contributed by atoms with Gasteiger partial charge in [0.05, 0.1) is 0 Å². The Bertz CT molecular complexity index is 3180. The maximum absolute atomic E-state index is 2.43. The number of anilines is 3. The number of hydrogen-bond donors (Lipinski definition) is 0. The van der Waals surface area contributed by atoms with Crippen molar-refractivity contribution in [2.45, 2.75) is 19.3 Å². The average Bonchev–Trinajstić information content (AvgIpc) is 3.78. The Hall–Kier alpha value is -7.00. The van der Waals surface area contributed by atoms with Gasteiger partial charge >= 0.3 is 0 Å². The first kappa shape index (κ1) is 35.2. The summed E-state index contributed by atoms with van der Waals surface area (Å²) < 4.78 is 2.61. The number of para-hydroxylation sites is 1. The Morgan fingerprint density at radius 2 is 0.797 bits per heavy atom. The second-order valence-electron chi connectivity index (χ2n) is 16.2. The molecule has 0 unspecified atom stereocenters. The first-order chi connectivity index (χ1) is 29.0. The Morgan fingerprint density at radius 1 is 0.322 bits per heavy atom. The minimum absolute atomic E-state index is 0.0378. The van der Waals surface area contributed by atoms with Crippen molar-refractivity contribution in [1.82, 2.24) is 0 Å². The molecule has 2 heteroatoms. The van der Waals surface area contributed by atoms with Gasteiger partial charge in [-0.05, 0) is 140 Å². The lowest BCUT2D eigenvalue weighted by atomic mass is 9.81. The van der Waals surface area contributed by atoms with E-state index in [1.54, 1.807) is 0 Å². The summed E-state index contributed by atoms with van der Waals surface area (Å²) in [7, 11) is 0. The number of rotatable bonds is 7. The molecule has 1 nitrogen and oxygen atoms in total. The van der Waals surface area contributed by atoms with Gasteiger partial charge in [0.15, 0.2) is 0 Å². The molecule has 0 amide bonds. The van der Waals surface area contributed by atoms with Gasteiger partial charge in [-0.1, -0.05) is 153 Å². The molecule has 1 heterocycles. The van der Waals surface area contributed by atoms with E-state index < -0.39 is 0 Å². The van der Waals surface area contributed by atoms with E-state index in [9.17, 15) is 0 Å². The van der Waals surface area contributed by atoms with Crippen molar-refractivity contribution in [3.05, 3.63) is 223 Å². The van der Waals surface area contributed by atoms with Crippen LogP contribution < -0.4 is 4.90 Å². The second kappa shape index (κ2) is 14.1. The molecule has 0 radical (unpaired) electrons. The molecule has 280 valence electrons. The number of hydrogen-bond acceptors (Lipinski definition) is 2. The lowest BCUT2D eigenvalue weighted by molar-refractivity contribution is 0.660. The fraction of sp³-hybridized carbons (Fsp3) is 0.0526. The Morgan fingerprint density at radius 3 is 1.49 bits per heavy atom. The number of thiophene rings is 1. The van der Waals surface area contributed by atoms with Crippen molar-refractivity contribution in [1.29, 1.82) is 0 Å². The zero-order valence-corrected chi connectivity index (χ0v) is 33.9. The molecule has 1 aliphatic rings. The molecule has 9 aromatic carbocycles. The number of nitrogens with zero attached hydrogens (tertiary/aromatic N) is 1. The van der Waals surface area contributed by atoms with E-state index in [-0.39, 0.29) is 5.41 Å². The highest BCUT2D eigenvalue weighted by atomic mass is 32.1. The molecule has 0 aliphatic heterocycles. The van der Waals surface area contributed by atoms with Crippen molar-refractivity contribution in [3.63, 3.8) is 0 Å². The van der Waals surface area contributed by atoms with Crippen LogP contribution >= 0.6 is 11.3 Å². The Balaban J connectivity index is 1.05.